The van der Waals surface area contributed by atoms with Crippen molar-refractivity contribution in [1.82, 2.24) is 9.97 Å². The van der Waals surface area contributed by atoms with Gasteiger partial charge in [-0.15, -0.1) is 0 Å². The Bertz CT molecular complexity index is 634. The second-order valence-electron chi connectivity index (χ2n) is 5.73. The molecular weight excluding hydrogens is 266 g/mol. The van der Waals surface area contributed by atoms with Crippen LogP contribution in [-0.2, 0) is 4.74 Å². The predicted molar refractivity (Wildman–Crippen MR) is 81.7 cm³/mol. The van der Waals surface area contributed by atoms with Crippen LogP contribution in [0.5, 0.6) is 0 Å². The maximum absolute atomic E-state index is 12.0. The number of ether oxygens (including phenoxy) is 1. The second kappa shape index (κ2) is 5.91. The average Bonchev–Trinajstić information content (AvgIpc) is 2.40. The van der Waals surface area contributed by atoms with Crippen molar-refractivity contribution < 1.29 is 9.53 Å². The van der Waals surface area contributed by atoms with E-state index in [-0.39, 0.29) is 5.97 Å². The van der Waals surface area contributed by atoms with Crippen LogP contribution in [0.3, 0.4) is 0 Å². The standard InChI is InChI=1S/C16H19N3O2/c1-11-10-12(14(20)21-16(2,3)4)6-7-13(11)19-15-17-8-5-9-18-15/h5-10H,1-4H3,(H,17,18,19). The molecule has 1 aromatic heterocycles. The Hall–Kier alpha value is -2.43. The molecule has 0 atom stereocenters. The molecule has 2 rings (SSSR count). The normalized spacial score (nSPS) is 11.0. The topological polar surface area (TPSA) is 64.1 Å². The van der Waals surface area contributed by atoms with Gasteiger partial charge in [-0.05, 0) is 57.5 Å². The molecule has 0 saturated carbocycles. The van der Waals surface area contributed by atoms with Gasteiger partial charge in [0.15, 0.2) is 0 Å². The number of hydrogen-bond acceptors (Lipinski definition) is 5. The molecular formula is C16H19N3O2. The van der Waals surface area contributed by atoms with Crippen LogP contribution in [-0.4, -0.2) is 21.5 Å². The number of carbonyl (C=O) groups is 1. The van der Waals surface area contributed by atoms with Crippen molar-refractivity contribution in [2.45, 2.75) is 33.3 Å². The SMILES string of the molecule is Cc1cc(C(=O)OC(C)(C)C)ccc1Nc1ncccn1. The Balaban J connectivity index is 2.16. The monoisotopic (exact) mass is 285 g/mol. The van der Waals surface area contributed by atoms with Crippen molar-refractivity contribution in [2.75, 3.05) is 5.32 Å². The van der Waals surface area contributed by atoms with Crippen molar-refractivity contribution >= 4 is 17.6 Å². The third kappa shape index (κ3) is 4.27. The van der Waals surface area contributed by atoms with Gasteiger partial charge < -0.3 is 10.1 Å². The number of aryl methyl sites for hydroxylation is 1. The molecule has 5 nitrogen and oxygen atoms in total. The molecule has 0 spiro atoms. The lowest BCUT2D eigenvalue weighted by atomic mass is 10.1. The summed E-state index contributed by atoms with van der Waals surface area (Å²) in [6.07, 6.45) is 3.33. The first-order valence-electron chi connectivity index (χ1n) is 6.73. The highest BCUT2D eigenvalue weighted by Crippen LogP contribution is 2.21. The van der Waals surface area contributed by atoms with Gasteiger partial charge in [0.1, 0.15) is 5.60 Å². The van der Waals surface area contributed by atoms with E-state index in [1.165, 1.54) is 0 Å². The summed E-state index contributed by atoms with van der Waals surface area (Å²) in [6.45, 7) is 7.46. The quantitative estimate of drug-likeness (QED) is 0.875. The van der Waals surface area contributed by atoms with Crippen LogP contribution < -0.4 is 5.32 Å². The fraction of sp³-hybridized carbons (Fsp3) is 0.312. The Morgan fingerprint density at radius 3 is 2.43 bits per heavy atom. The molecule has 0 aliphatic heterocycles. The zero-order valence-corrected chi connectivity index (χ0v) is 12.7. The minimum atomic E-state index is -0.500. The largest absolute Gasteiger partial charge is 0.456 e. The van der Waals surface area contributed by atoms with Crippen molar-refractivity contribution in [3.8, 4) is 0 Å². The minimum Gasteiger partial charge on any atom is -0.456 e. The third-order valence-corrected chi connectivity index (χ3v) is 2.67. The van der Waals surface area contributed by atoms with Crippen LogP contribution in [0, 0.1) is 6.92 Å². The van der Waals surface area contributed by atoms with Crippen LogP contribution in [0.15, 0.2) is 36.7 Å². The van der Waals surface area contributed by atoms with Crippen molar-refractivity contribution in [1.29, 1.82) is 0 Å². The Labute approximate surface area is 124 Å². The lowest BCUT2D eigenvalue weighted by molar-refractivity contribution is 0.00695. The van der Waals surface area contributed by atoms with E-state index in [0.717, 1.165) is 11.3 Å². The molecule has 1 N–H and O–H groups in total. The summed E-state index contributed by atoms with van der Waals surface area (Å²) in [5.41, 5.74) is 1.81. The van der Waals surface area contributed by atoms with Crippen LogP contribution in [0.1, 0.15) is 36.7 Å². The molecule has 5 heteroatoms. The number of nitrogens with zero attached hydrogens (tertiary/aromatic N) is 2. The number of anilines is 2. The molecule has 0 aliphatic carbocycles. The molecule has 110 valence electrons. The number of aromatic nitrogens is 2. The van der Waals surface area contributed by atoms with E-state index < -0.39 is 5.60 Å². The lowest BCUT2D eigenvalue weighted by Gasteiger charge is -2.19. The molecule has 0 fully saturated rings. The molecule has 0 radical (unpaired) electrons. The number of benzene rings is 1. The van der Waals surface area contributed by atoms with Gasteiger partial charge in [-0.1, -0.05) is 0 Å². The summed E-state index contributed by atoms with van der Waals surface area (Å²) in [5.74, 6) is 0.193. The van der Waals surface area contributed by atoms with Gasteiger partial charge in [-0.2, -0.15) is 0 Å². The van der Waals surface area contributed by atoms with Crippen LogP contribution in [0.4, 0.5) is 11.6 Å². The molecule has 1 heterocycles. The first kappa shape index (κ1) is 15.0. The van der Waals surface area contributed by atoms with E-state index in [1.54, 1.807) is 30.6 Å². The zero-order chi connectivity index (χ0) is 15.5. The average molecular weight is 285 g/mol. The smallest absolute Gasteiger partial charge is 0.338 e. The van der Waals surface area contributed by atoms with Crippen LogP contribution >= 0.6 is 0 Å². The van der Waals surface area contributed by atoms with E-state index in [1.807, 2.05) is 33.8 Å². The van der Waals surface area contributed by atoms with Gasteiger partial charge in [-0.25, -0.2) is 14.8 Å². The van der Waals surface area contributed by atoms with Gasteiger partial charge in [0, 0.05) is 18.1 Å². The van der Waals surface area contributed by atoms with Gasteiger partial charge in [0.05, 0.1) is 5.56 Å². The fourth-order valence-electron chi connectivity index (χ4n) is 1.75. The first-order chi connectivity index (χ1) is 9.85. The molecule has 0 aliphatic rings. The van der Waals surface area contributed by atoms with E-state index in [2.05, 4.69) is 15.3 Å². The molecule has 0 bridgehead atoms. The number of esters is 1. The number of rotatable bonds is 3. The first-order valence-corrected chi connectivity index (χ1v) is 6.73. The summed E-state index contributed by atoms with van der Waals surface area (Å²) in [6, 6.07) is 7.10. The number of carbonyl (C=O) groups excluding carboxylic acids is 1. The van der Waals surface area contributed by atoms with Crippen LogP contribution in [0.2, 0.25) is 0 Å². The summed E-state index contributed by atoms with van der Waals surface area (Å²) < 4.78 is 5.35. The summed E-state index contributed by atoms with van der Waals surface area (Å²) in [7, 11) is 0. The van der Waals surface area contributed by atoms with Gasteiger partial charge in [0.25, 0.3) is 0 Å². The highest BCUT2D eigenvalue weighted by molar-refractivity contribution is 5.90. The third-order valence-electron chi connectivity index (χ3n) is 2.67. The maximum atomic E-state index is 12.0. The Kier molecular flexibility index (Phi) is 4.21. The highest BCUT2D eigenvalue weighted by Gasteiger charge is 2.18. The molecule has 2 aromatic rings. The molecule has 0 amide bonds. The highest BCUT2D eigenvalue weighted by atomic mass is 16.6. The molecule has 1 aromatic carbocycles. The number of hydrogen-bond donors (Lipinski definition) is 1. The van der Waals surface area contributed by atoms with E-state index in [0.29, 0.717) is 11.5 Å². The van der Waals surface area contributed by atoms with E-state index in [9.17, 15) is 4.79 Å². The van der Waals surface area contributed by atoms with Crippen molar-refractivity contribution in [3.05, 3.63) is 47.8 Å². The van der Waals surface area contributed by atoms with Crippen molar-refractivity contribution in [2.24, 2.45) is 0 Å². The fourth-order valence-corrected chi connectivity index (χ4v) is 1.75. The summed E-state index contributed by atoms with van der Waals surface area (Å²) >= 11 is 0. The van der Waals surface area contributed by atoms with Gasteiger partial charge in [-0.3, -0.25) is 0 Å². The predicted octanol–water partition coefficient (Wildman–Crippen LogP) is 3.48. The summed E-state index contributed by atoms with van der Waals surface area (Å²) in [5, 5.41) is 3.11. The molecule has 0 saturated heterocycles. The molecule has 0 unspecified atom stereocenters. The lowest BCUT2D eigenvalue weighted by Crippen LogP contribution is -2.23. The van der Waals surface area contributed by atoms with Crippen LogP contribution in [0.25, 0.3) is 0 Å². The molecule has 21 heavy (non-hydrogen) atoms. The second-order valence-corrected chi connectivity index (χ2v) is 5.73. The maximum Gasteiger partial charge on any atom is 0.338 e. The van der Waals surface area contributed by atoms with Gasteiger partial charge in [0.2, 0.25) is 5.95 Å². The van der Waals surface area contributed by atoms with Crippen molar-refractivity contribution in [3.63, 3.8) is 0 Å². The number of nitrogens with one attached hydrogen (secondary N) is 1. The zero-order valence-electron chi connectivity index (χ0n) is 12.7. The minimum absolute atomic E-state index is 0.326. The summed E-state index contributed by atoms with van der Waals surface area (Å²) in [4.78, 5) is 20.2. The van der Waals surface area contributed by atoms with Gasteiger partial charge >= 0.3 is 5.97 Å². The van der Waals surface area contributed by atoms with E-state index >= 15 is 0 Å². The Morgan fingerprint density at radius 2 is 1.86 bits per heavy atom. The van der Waals surface area contributed by atoms with E-state index in [4.69, 9.17) is 4.74 Å². The Morgan fingerprint density at radius 1 is 1.19 bits per heavy atom.